The molecule has 3 nitrogen and oxygen atoms in total. The number of likely N-dealkylation sites (tertiary alicyclic amines) is 1. The molecule has 2 saturated carbocycles. The molecule has 3 fully saturated rings. The zero-order valence-electron chi connectivity index (χ0n) is 14.4. The summed E-state index contributed by atoms with van der Waals surface area (Å²) in [7, 11) is 0. The lowest BCUT2D eigenvalue weighted by Crippen LogP contribution is -2.39. The van der Waals surface area contributed by atoms with Gasteiger partial charge < -0.3 is 9.64 Å². The SMILES string of the molecule is O=C(C1CCCCC1)C1CCC(OCCN2CCCC2)CC1F. The Morgan fingerprint density at radius 3 is 2.43 bits per heavy atom. The first-order chi connectivity index (χ1) is 11.2. The monoisotopic (exact) mass is 325 g/mol. The fourth-order valence-corrected chi connectivity index (χ4v) is 4.60. The Labute approximate surface area is 139 Å². The van der Waals surface area contributed by atoms with Crippen molar-refractivity contribution in [1.82, 2.24) is 4.90 Å². The standard InChI is InChI=1S/C19H32FNO2/c20-18-14-16(23-13-12-21-10-4-5-11-21)8-9-17(18)19(22)15-6-2-1-3-7-15/h15-18H,1-14H2. The summed E-state index contributed by atoms with van der Waals surface area (Å²) in [5, 5.41) is 0. The highest BCUT2D eigenvalue weighted by Gasteiger charge is 2.38. The average Bonchev–Trinajstić information content (AvgIpc) is 3.09. The van der Waals surface area contributed by atoms with Gasteiger partial charge in [0.15, 0.2) is 0 Å². The van der Waals surface area contributed by atoms with Crippen molar-refractivity contribution in [3.63, 3.8) is 0 Å². The number of carbonyl (C=O) groups is 1. The molecule has 0 spiro atoms. The van der Waals surface area contributed by atoms with E-state index in [1.54, 1.807) is 0 Å². The van der Waals surface area contributed by atoms with Gasteiger partial charge in [-0.3, -0.25) is 4.79 Å². The second-order valence-electron chi connectivity index (χ2n) is 7.71. The first kappa shape index (κ1) is 17.3. The fourth-order valence-electron chi connectivity index (χ4n) is 4.60. The van der Waals surface area contributed by atoms with E-state index in [1.165, 1.54) is 32.4 Å². The molecule has 3 rings (SSSR count). The average molecular weight is 325 g/mol. The second kappa shape index (κ2) is 8.57. The number of ether oxygens (including phenoxy) is 1. The number of rotatable bonds is 6. The van der Waals surface area contributed by atoms with Crippen LogP contribution in [0.4, 0.5) is 4.39 Å². The van der Waals surface area contributed by atoms with Crippen molar-refractivity contribution >= 4 is 5.78 Å². The van der Waals surface area contributed by atoms with Gasteiger partial charge in [-0.2, -0.15) is 0 Å². The van der Waals surface area contributed by atoms with Crippen molar-refractivity contribution in [2.45, 2.75) is 76.5 Å². The summed E-state index contributed by atoms with van der Waals surface area (Å²) in [6.07, 6.45) is 9.05. The molecule has 2 aliphatic carbocycles. The van der Waals surface area contributed by atoms with Crippen LogP contribution in [0.3, 0.4) is 0 Å². The molecule has 0 bridgehead atoms. The molecule has 3 atom stereocenters. The quantitative estimate of drug-likeness (QED) is 0.745. The van der Waals surface area contributed by atoms with Gasteiger partial charge in [0.2, 0.25) is 0 Å². The van der Waals surface area contributed by atoms with Crippen LogP contribution < -0.4 is 0 Å². The van der Waals surface area contributed by atoms with Gasteiger partial charge in [-0.1, -0.05) is 19.3 Å². The van der Waals surface area contributed by atoms with Crippen molar-refractivity contribution < 1.29 is 13.9 Å². The van der Waals surface area contributed by atoms with E-state index in [0.29, 0.717) is 19.4 Å². The molecule has 3 unspecified atom stereocenters. The molecule has 1 heterocycles. The van der Waals surface area contributed by atoms with E-state index in [4.69, 9.17) is 4.74 Å². The van der Waals surface area contributed by atoms with Crippen LogP contribution in [-0.2, 0) is 9.53 Å². The highest BCUT2D eigenvalue weighted by molar-refractivity contribution is 5.84. The van der Waals surface area contributed by atoms with Crippen molar-refractivity contribution in [2.75, 3.05) is 26.2 Å². The molecule has 0 amide bonds. The summed E-state index contributed by atoms with van der Waals surface area (Å²) in [5.74, 6) is 0.00360. The van der Waals surface area contributed by atoms with Gasteiger partial charge in [-0.25, -0.2) is 4.39 Å². The summed E-state index contributed by atoms with van der Waals surface area (Å²) in [5.41, 5.74) is 0. The topological polar surface area (TPSA) is 29.5 Å². The van der Waals surface area contributed by atoms with Crippen LogP contribution in [0, 0.1) is 11.8 Å². The smallest absolute Gasteiger partial charge is 0.141 e. The molecule has 0 aromatic heterocycles. The van der Waals surface area contributed by atoms with E-state index in [1.807, 2.05) is 0 Å². The molecule has 23 heavy (non-hydrogen) atoms. The predicted octanol–water partition coefficient (Wildman–Crippen LogP) is 3.76. The van der Waals surface area contributed by atoms with Gasteiger partial charge in [0, 0.05) is 24.8 Å². The van der Waals surface area contributed by atoms with Crippen LogP contribution in [0.5, 0.6) is 0 Å². The number of Topliss-reactive ketones (excluding diaryl/α,β-unsaturated/α-hetero) is 1. The largest absolute Gasteiger partial charge is 0.377 e. The molecule has 4 heteroatoms. The summed E-state index contributed by atoms with van der Waals surface area (Å²) in [6.45, 7) is 4.03. The Bertz CT molecular complexity index is 378. The zero-order chi connectivity index (χ0) is 16.1. The van der Waals surface area contributed by atoms with Crippen LogP contribution in [0.25, 0.3) is 0 Å². The number of alkyl halides is 1. The van der Waals surface area contributed by atoms with E-state index in [9.17, 15) is 9.18 Å². The Morgan fingerprint density at radius 1 is 1.00 bits per heavy atom. The molecule has 1 saturated heterocycles. The normalized spacial score (nSPS) is 33.9. The third-order valence-corrected chi connectivity index (χ3v) is 6.06. The predicted molar refractivity (Wildman–Crippen MR) is 89.2 cm³/mol. The van der Waals surface area contributed by atoms with E-state index in [-0.39, 0.29) is 23.7 Å². The van der Waals surface area contributed by atoms with Crippen LogP contribution in [0.2, 0.25) is 0 Å². The highest BCUT2D eigenvalue weighted by Crippen LogP contribution is 2.35. The first-order valence-corrected chi connectivity index (χ1v) is 9.76. The molecule has 1 aliphatic heterocycles. The minimum absolute atomic E-state index is 0.0167. The van der Waals surface area contributed by atoms with Crippen LogP contribution in [0.15, 0.2) is 0 Å². The summed E-state index contributed by atoms with van der Waals surface area (Å²) in [6, 6.07) is 0. The zero-order valence-corrected chi connectivity index (χ0v) is 14.4. The van der Waals surface area contributed by atoms with E-state index in [2.05, 4.69) is 4.90 Å². The van der Waals surface area contributed by atoms with Gasteiger partial charge in [0.1, 0.15) is 12.0 Å². The van der Waals surface area contributed by atoms with Crippen molar-refractivity contribution in [1.29, 1.82) is 0 Å². The first-order valence-electron chi connectivity index (χ1n) is 9.76. The van der Waals surface area contributed by atoms with Crippen molar-refractivity contribution in [3.05, 3.63) is 0 Å². The number of carbonyl (C=O) groups excluding carboxylic acids is 1. The molecule has 132 valence electrons. The van der Waals surface area contributed by atoms with Crippen LogP contribution in [-0.4, -0.2) is 49.2 Å². The molecule has 0 aromatic carbocycles. The van der Waals surface area contributed by atoms with E-state index >= 15 is 0 Å². The number of hydrogen-bond acceptors (Lipinski definition) is 3. The molecule has 0 radical (unpaired) electrons. The Morgan fingerprint density at radius 2 is 1.74 bits per heavy atom. The lowest BCUT2D eigenvalue weighted by molar-refractivity contribution is -0.133. The maximum atomic E-state index is 14.5. The molecule has 0 aromatic rings. The Hall–Kier alpha value is -0.480. The van der Waals surface area contributed by atoms with Gasteiger partial charge in [-0.05, 0) is 51.6 Å². The molecule has 0 N–H and O–H groups in total. The lowest BCUT2D eigenvalue weighted by Gasteiger charge is -2.33. The van der Waals surface area contributed by atoms with Gasteiger partial charge in [0.25, 0.3) is 0 Å². The second-order valence-corrected chi connectivity index (χ2v) is 7.71. The maximum absolute atomic E-state index is 14.5. The van der Waals surface area contributed by atoms with Crippen LogP contribution >= 0.6 is 0 Å². The molecular weight excluding hydrogens is 293 g/mol. The maximum Gasteiger partial charge on any atom is 0.141 e. The Kier molecular flexibility index (Phi) is 6.46. The molecule has 3 aliphatic rings. The summed E-state index contributed by atoms with van der Waals surface area (Å²) >= 11 is 0. The van der Waals surface area contributed by atoms with Gasteiger partial charge >= 0.3 is 0 Å². The summed E-state index contributed by atoms with van der Waals surface area (Å²) in [4.78, 5) is 15.0. The Balaban J connectivity index is 1.38. The summed E-state index contributed by atoms with van der Waals surface area (Å²) < 4.78 is 20.4. The number of nitrogens with zero attached hydrogens (tertiary/aromatic N) is 1. The third-order valence-electron chi connectivity index (χ3n) is 6.06. The highest BCUT2D eigenvalue weighted by atomic mass is 19.1. The minimum Gasteiger partial charge on any atom is -0.377 e. The van der Waals surface area contributed by atoms with E-state index in [0.717, 1.165) is 38.6 Å². The van der Waals surface area contributed by atoms with Crippen molar-refractivity contribution in [2.24, 2.45) is 11.8 Å². The van der Waals surface area contributed by atoms with E-state index < -0.39 is 6.17 Å². The fraction of sp³-hybridized carbons (Fsp3) is 0.947. The molecular formula is C19H32FNO2. The lowest BCUT2D eigenvalue weighted by atomic mass is 9.75. The van der Waals surface area contributed by atoms with Gasteiger partial charge in [-0.15, -0.1) is 0 Å². The van der Waals surface area contributed by atoms with Crippen molar-refractivity contribution in [3.8, 4) is 0 Å². The third kappa shape index (κ3) is 4.76. The number of hydrogen-bond donors (Lipinski definition) is 0. The number of halogens is 1. The minimum atomic E-state index is -0.991. The number of ketones is 1. The van der Waals surface area contributed by atoms with Crippen LogP contribution in [0.1, 0.15) is 64.2 Å². The van der Waals surface area contributed by atoms with Gasteiger partial charge in [0.05, 0.1) is 12.7 Å².